The van der Waals surface area contributed by atoms with Gasteiger partial charge in [-0.2, -0.15) is 0 Å². The van der Waals surface area contributed by atoms with Crippen LogP contribution in [0.3, 0.4) is 0 Å². The number of methoxy groups -OCH3 is 1. The van der Waals surface area contributed by atoms with E-state index in [2.05, 4.69) is 20.7 Å². The Morgan fingerprint density at radius 2 is 1.90 bits per heavy atom. The molecular formula is C14H13BrFNO3S. The molecule has 0 saturated heterocycles. The van der Waals surface area contributed by atoms with E-state index in [4.69, 9.17) is 4.74 Å². The van der Waals surface area contributed by atoms with Gasteiger partial charge in [-0.1, -0.05) is 0 Å². The number of hydrogen-bond acceptors (Lipinski definition) is 3. The summed E-state index contributed by atoms with van der Waals surface area (Å²) in [5.74, 6) is 0.0424. The van der Waals surface area contributed by atoms with Gasteiger partial charge >= 0.3 is 0 Å². The van der Waals surface area contributed by atoms with Gasteiger partial charge in [0.15, 0.2) is 0 Å². The van der Waals surface area contributed by atoms with Crippen LogP contribution >= 0.6 is 15.9 Å². The first-order valence-corrected chi connectivity index (χ1v) is 8.23. The van der Waals surface area contributed by atoms with Crippen LogP contribution in [0.15, 0.2) is 45.8 Å². The maximum absolute atomic E-state index is 13.1. The maximum atomic E-state index is 13.1. The fourth-order valence-corrected chi connectivity index (χ4v) is 3.60. The molecule has 112 valence electrons. The second kappa shape index (κ2) is 6.03. The number of rotatable bonds is 4. The van der Waals surface area contributed by atoms with Crippen molar-refractivity contribution in [2.45, 2.75) is 11.8 Å². The highest BCUT2D eigenvalue weighted by Gasteiger charge is 2.18. The zero-order valence-electron chi connectivity index (χ0n) is 11.4. The van der Waals surface area contributed by atoms with Crippen molar-refractivity contribution in [2.75, 3.05) is 11.8 Å². The van der Waals surface area contributed by atoms with Crippen LogP contribution < -0.4 is 9.46 Å². The van der Waals surface area contributed by atoms with Crippen LogP contribution in [0.2, 0.25) is 0 Å². The van der Waals surface area contributed by atoms with E-state index in [-0.39, 0.29) is 4.90 Å². The molecular weight excluding hydrogens is 361 g/mol. The summed E-state index contributed by atoms with van der Waals surface area (Å²) < 4.78 is 46.0. The van der Waals surface area contributed by atoms with Gasteiger partial charge in [-0.15, -0.1) is 0 Å². The third kappa shape index (κ3) is 3.54. The molecule has 7 heteroatoms. The topological polar surface area (TPSA) is 55.4 Å². The van der Waals surface area contributed by atoms with Crippen molar-refractivity contribution in [3.63, 3.8) is 0 Å². The van der Waals surface area contributed by atoms with Gasteiger partial charge in [0.2, 0.25) is 0 Å². The van der Waals surface area contributed by atoms with Crippen molar-refractivity contribution in [2.24, 2.45) is 0 Å². The molecule has 21 heavy (non-hydrogen) atoms. The molecule has 2 aromatic carbocycles. The number of halogens is 2. The standard InChI is InChI=1S/C14H13BrFNO3S/c1-9-7-10(16)3-6-14(9)21(18,19)17-13-8-11(20-2)4-5-12(13)15/h3-8,17H,1-2H3. The number of nitrogens with one attached hydrogen (secondary N) is 1. The van der Waals surface area contributed by atoms with Crippen LogP contribution in [0.5, 0.6) is 5.75 Å². The largest absolute Gasteiger partial charge is 0.497 e. The highest BCUT2D eigenvalue weighted by atomic mass is 79.9. The van der Waals surface area contributed by atoms with Gasteiger partial charge in [-0.25, -0.2) is 12.8 Å². The molecule has 0 aromatic heterocycles. The lowest BCUT2D eigenvalue weighted by Gasteiger charge is -2.12. The minimum absolute atomic E-state index is 0.0265. The average Bonchev–Trinajstić information content (AvgIpc) is 2.40. The van der Waals surface area contributed by atoms with Gasteiger partial charge in [-0.05, 0) is 58.7 Å². The molecule has 0 spiro atoms. The Morgan fingerprint density at radius 1 is 1.19 bits per heavy atom. The lowest BCUT2D eigenvalue weighted by molar-refractivity contribution is 0.415. The first kappa shape index (κ1) is 15.8. The van der Waals surface area contributed by atoms with Crippen LogP contribution in [0, 0.1) is 12.7 Å². The fraction of sp³-hybridized carbons (Fsp3) is 0.143. The molecule has 2 rings (SSSR count). The predicted octanol–water partition coefficient (Wildman–Crippen LogP) is 3.71. The second-order valence-corrected chi connectivity index (χ2v) is 6.87. The maximum Gasteiger partial charge on any atom is 0.262 e. The third-order valence-corrected chi connectivity index (χ3v) is 5.06. The Labute approximate surface area is 131 Å². The van der Waals surface area contributed by atoms with Gasteiger partial charge in [-0.3, -0.25) is 4.72 Å². The van der Waals surface area contributed by atoms with Gasteiger partial charge in [0.25, 0.3) is 10.0 Å². The Bertz CT molecular complexity index is 778. The van der Waals surface area contributed by atoms with E-state index in [1.54, 1.807) is 18.2 Å². The van der Waals surface area contributed by atoms with E-state index in [0.717, 1.165) is 6.07 Å². The number of benzene rings is 2. The Kier molecular flexibility index (Phi) is 4.53. The lowest BCUT2D eigenvalue weighted by atomic mass is 10.2. The monoisotopic (exact) mass is 373 g/mol. The molecule has 1 N–H and O–H groups in total. The SMILES string of the molecule is COc1ccc(Br)c(NS(=O)(=O)c2ccc(F)cc2C)c1. The normalized spacial score (nSPS) is 11.2. The van der Waals surface area contributed by atoms with Gasteiger partial charge in [0.1, 0.15) is 11.6 Å². The van der Waals surface area contributed by atoms with Gasteiger partial charge in [0.05, 0.1) is 17.7 Å². The first-order valence-electron chi connectivity index (χ1n) is 5.96. The van der Waals surface area contributed by atoms with Crippen molar-refractivity contribution in [3.8, 4) is 5.75 Å². The van der Waals surface area contributed by atoms with E-state index in [1.165, 1.54) is 26.2 Å². The molecule has 0 unspecified atom stereocenters. The van der Waals surface area contributed by atoms with E-state index in [9.17, 15) is 12.8 Å². The average molecular weight is 374 g/mol. The highest BCUT2D eigenvalue weighted by molar-refractivity contribution is 9.10. The van der Waals surface area contributed by atoms with E-state index >= 15 is 0 Å². The number of sulfonamides is 1. The summed E-state index contributed by atoms with van der Waals surface area (Å²) in [7, 11) is -2.32. The minimum atomic E-state index is -3.81. The van der Waals surface area contributed by atoms with Crippen molar-refractivity contribution in [1.29, 1.82) is 0 Å². The Balaban J connectivity index is 2.42. The van der Waals surface area contributed by atoms with E-state index in [0.29, 0.717) is 21.5 Å². The number of aryl methyl sites for hydroxylation is 1. The van der Waals surface area contributed by atoms with Crippen LogP contribution in [0.25, 0.3) is 0 Å². The summed E-state index contributed by atoms with van der Waals surface area (Å²) in [5, 5.41) is 0. The number of anilines is 1. The summed E-state index contributed by atoms with van der Waals surface area (Å²) in [4.78, 5) is 0.0265. The van der Waals surface area contributed by atoms with E-state index < -0.39 is 15.8 Å². The molecule has 0 amide bonds. The molecule has 0 saturated carbocycles. The van der Waals surface area contributed by atoms with Crippen molar-refractivity contribution >= 4 is 31.6 Å². The van der Waals surface area contributed by atoms with Crippen molar-refractivity contribution in [1.82, 2.24) is 0 Å². The summed E-state index contributed by atoms with van der Waals surface area (Å²) >= 11 is 3.27. The van der Waals surface area contributed by atoms with Crippen LogP contribution in [0.1, 0.15) is 5.56 Å². The number of ether oxygens (including phenoxy) is 1. The molecule has 2 aromatic rings. The molecule has 0 atom stereocenters. The summed E-state index contributed by atoms with van der Waals surface area (Å²) in [6.07, 6.45) is 0. The minimum Gasteiger partial charge on any atom is -0.497 e. The zero-order valence-corrected chi connectivity index (χ0v) is 13.8. The molecule has 0 fully saturated rings. The predicted molar refractivity (Wildman–Crippen MR) is 82.6 cm³/mol. The summed E-state index contributed by atoms with van der Waals surface area (Å²) in [6, 6.07) is 8.46. The third-order valence-electron chi connectivity index (χ3n) is 2.84. The molecule has 0 aliphatic carbocycles. The molecule has 0 bridgehead atoms. The molecule has 4 nitrogen and oxygen atoms in total. The number of hydrogen-bond donors (Lipinski definition) is 1. The quantitative estimate of drug-likeness (QED) is 0.888. The van der Waals surface area contributed by atoms with Crippen LogP contribution in [0.4, 0.5) is 10.1 Å². The van der Waals surface area contributed by atoms with Gasteiger partial charge in [0, 0.05) is 10.5 Å². The van der Waals surface area contributed by atoms with Crippen molar-refractivity contribution < 1.29 is 17.5 Å². The van der Waals surface area contributed by atoms with Crippen LogP contribution in [-0.2, 0) is 10.0 Å². The second-order valence-electron chi connectivity index (χ2n) is 4.36. The Hall–Kier alpha value is -1.60. The highest BCUT2D eigenvalue weighted by Crippen LogP contribution is 2.29. The molecule has 0 heterocycles. The lowest BCUT2D eigenvalue weighted by Crippen LogP contribution is -2.14. The van der Waals surface area contributed by atoms with Gasteiger partial charge < -0.3 is 4.74 Å². The first-order chi connectivity index (χ1) is 9.83. The summed E-state index contributed by atoms with van der Waals surface area (Å²) in [6.45, 7) is 1.54. The molecule has 0 aliphatic heterocycles. The summed E-state index contributed by atoms with van der Waals surface area (Å²) in [5.41, 5.74) is 0.680. The Morgan fingerprint density at radius 3 is 2.52 bits per heavy atom. The fourth-order valence-electron chi connectivity index (χ4n) is 1.82. The van der Waals surface area contributed by atoms with Crippen molar-refractivity contribution in [3.05, 3.63) is 52.3 Å². The molecule has 0 aliphatic rings. The molecule has 0 radical (unpaired) electrons. The van der Waals surface area contributed by atoms with E-state index in [1.807, 2.05) is 0 Å². The zero-order chi connectivity index (χ0) is 15.6. The smallest absolute Gasteiger partial charge is 0.262 e. The van der Waals surface area contributed by atoms with Crippen LogP contribution in [-0.4, -0.2) is 15.5 Å².